The van der Waals surface area contributed by atoms with Crippen LogP contribution < -0.4 is 0 Å². The van der Waals surface area contributed by atoms with Crippen molar-refractivity contribution in [1.82, 2.24) is 0 Å². The molecule has 0 bridgehead atoms. The van der Waals surface area contributed by atoms with Crippen LogP contribution in [0.3, 0.4) is 0 Å². The summed E-state index contributed by atoms with van der Waals surface area (Å²) in [5, 5.41) is 2.26. The van der Waals surface area contributed by atoms with Crippen molar-refractivity contribution in [2.75, 3.05) is 0 Å². The first-order chi connectivity index (χ1) is 10.5. The summed E-state index contributed by atoms with van der Waals surface area (Å²) in [5.41, 5.74) is 0.870. The molecule has 0 unspecified atom stereocenters. The number of fused-ring (bicyclic) bond motifs is 1. The molecule has 0 nitrogen and oxygen atoms in total. The minimum atomic E-state index is -4.29. The monoisotopic (exact) mass is 300 g/mol. The number of hydrogen-bond donors (Lipinski definition) is 0. The Morgan fingerprint density at radius 2 is 1.36 bits per heavy atom. The van der Waals surface area contributed by atoms with E-state index in [9.17, 15) is 13.2 Å². The Bertz CT molecular complexity index is 788. The number of benzene rings is 3. The van der Waals surface area contributed by atoms with Crippen LogP contribution in [0.4, 0.5) is 13.2 Å². The Labute approximate surface area is 127 Å². The van der Waals surface area contributed by atoms with E-state index in [-0.39, 0.29) is 0 Å². The topological polar surface area (TPSA) is 0 Å². The lowest BCUT2D eigenvalue weighted by atomic mass is 9.98. The van der Waals surface area contributed by atoms with Crippen LogP contribution in [0.15, 0.2) is 66.7 Å². The lowest BCUT2D eigenvalue weighted by Crippen LogP contribution is -2.09. The van der Waals surface area contributed by atoms with Gasteiger partial charge in [-0.25, -0.2) is 0 Å². The molecule has 0 spiro atoms. The lowest BCUT2D eigenvalue weighted by Gasteiger charge is -2.12. The smallest absolute Gasteiger partial charge is 0.166 e. The summed E-state index contributed by atoms with van der Waals surface area (Å²) in [7, 11) is 0. The highest BCUT2D eigenvalue weighted by Crippen LogP contribution is 2.32. The standard InChI is InChI=1S/C19H15F3/c20-19(21,22)18-8-4-3-6-16(18)12-10-14-9-11-15-5-1-2-7-17(15)13-14/h1-9,11,13H,10,12H2. The molecule has 112 valence electrons. The second-order valence-corrected chi connectivity index (χ2v) is 5.34. The summed E-state index contributed by atoms with van der Waals surface area (Å²) in [6, 6.07) is 19.8. The molecule has 3 heteroatoms. The average Bonchev–Trinajstić information content (AvgIpc) is 2.52. The highest BCUT2D eigenvalue weighted by atomic mass is 19.4. The van der Waals surface area contributed by atoms with E-state index in [0.29, 0.717) is 18.4 Å². The first-order valence-electron chi connectivity index (χ1n) is 7.17. The second-order valence-electron chi connectivity index (χ2n) is 5.34. The van der Waals surface area contributed by atoms with Crippen LogP contribution >= 0.6 is 0 Å². The SMILES string of the molecule is FC(F)(F)c1ccccc1CCc1ccc2ccccc2c1. The van der Waals surface area contributed by atoms with Crippen molar-refractivity contribution in [3.8, 4) is 0 Å². The Hall–Kier alpha value is -2.29. The van der Waals surface area contributed by atoms with Gasteiger partial charge in [-0.1, -0.05) is 60.7 Å². The summed E-state index contributed by atoms with van der Waals surface area (Å²) < 4.78 is 38.9. The van der Waals surface area contributed by atoms with Gasteiger partial charge in [-0.3, -0.25) is 0 Å². The molecule has 0 N–H and O–H groups in total. The van der Waals surface area contributed by atoms with E-state index in [1.165, 1.54) is 6.07 Å². The molecular weight excluding hydrogens is 285 g/mol. The normalized spacial score (nSPS) is 11.8. The van der Waals surface area contributed by atoms with Crippen molar-refractivity contribution in [1.29, 1.82) is 0 Å². The van der Waals surface area contributed by atoms with Gasteiger partial charge >= 0.3 is 6.18 Å². The second kappa shape index (κ2) is 5.84. The van der Waals surface area contributed by atoms with Gasteiger partial charge in [0.1, 0.15) is 0 Å². The van der Waals surface area contributed by atoms with Gasteiger partial charge in [0.2, 0.25) is 0 Å². The van der Waals surface area contributed by atoms with Gasteiger partial charge in [0, 0.05) is 0 Å². The first-order valence-corrected chi connectivity index (χ1v) is 7.17. The minimum Gasteiger partial charge on any atom is -0.166 e. The molecule has 0 atom stereocenters. The number of rotatable bonds is 3. The Balaban J connectivity index is 1.82. The van der Waals surface area contributed by atoms with Gasteiger partial charge in [0.05, 0.1) is 5.56 Å². The maximum Gasteiger partial charge on any atom is 0.416 e. The van der Waals surface area contributed by atoms with E-state index >= 15 is 0 Å². The Morgan fingerprint density at radius 1 is 0.682 bits per heavy atom. The molecule has 3 aromatic rings. The summed E-state index contributed by atoms with van der Waals surface area (Å²) in [4.78, 5) is 0. The lowest BCUT2D eigenvalue weighted by molar-refractivity contribution is -0.138. The Morgan fingerprint density at radius 3 is 2.14 bits per heavy atom. The third-order valence-corrected chi connectivity index (χ3v) is 3.82. The molecule has 0 fully saturated rings. The molecule has 0 aliphatic carbocycles. The number of halogens is 3. The van der Waals surface area contributed by atoms with E-state index < -0.39 is 11.7 Å². The highest BCUT2D eigenvalue weighted by molar-refractivity contribution is 5.82. The van der Waals surface area contributed by atoms with E-state index in [0.717, 1.165) is 22.4 Å². The molecule has 22 heavy (non-hydrogen) atoms. The average molecular weight is 300 g/mol. The Kier molecular flexibility index (Phi) is 3.88. The highest BCUT2D eigenvalue weighted by Gasteiger charge is 2.32. The van der Waals surface area contributed by atoms with Crippen molar-refractivity contribution in [3.63, 3.8) is 0 Å². The zero-order valence-corrected chi connectivity index (χ0v) is 11.9. The quantitative estimate of drug-likeness (QED) is 0.587. The molecule has 0 aliphatic heterocycles. The molecule has 0 heterocycles. The summed E-state index contributed by atoms with van der Waals surface area (Å²) in [6.45, 7) is 0. The van der Waals surface area contributed by atoms with Crippen LogP contribution in [0, 0.1) is 0 Å². The summed E-state index contributed by atoms with van der Waals surface area (Å²) in [5.74, 6) is 0. The van der Waals surface area contributed by atoms with Gasteiger partial charge in [0.25, 0.3) is 0 Å². The predicted molar refractivity (Wildman–Crippen MR) is 82.8 cm³/mol. The van der Waals surface area contributed by atoms with Gasteiger partial charge in [-0.2, -0.15) is 13.2 Å². The van der Waals surface area contributed by atoms with Crippen molar-refractivity contribution < 1.29 is 13.2 Å². The van der Waals surface area contributed by atoms with Crippen LogP contribution in [-0.4, -0.2) is 0 Å². The molecule has 0 aliphatic rings. The third-order valence-electron chi connectivity index (χ3n) is 3.82. The molecule has 3 aromatic carbocycles. The van der Waals surface area contributed by atoms with Crippen LogP contribution in [0.25, 0.3) is 10.8 Å². The van der Waals surface area contributed by atoms with E-state index in [2.05, 4.69) is 0 Å². The molecule has 0 amide bonds. The third kappa shape index (κ3) is 3.14. The van der Waals surface area contributed by atoms with Crippen molar-refractivity contribution >= 4 is 10.8 Å². The number of alkyl halides is 3. The minimum absolute atomic E-state index is 0.350. The fourth-order valence-electron chi connectivity index (χ4n) is 2.69. The van der Waals surface area contributed by atoms with E-state index in [1.807, 2.05) is 42.5 Å². The zero-order chi connectivity index (χ0) is 15.6. The molecule has 0 radical (unpaired) electrons. The maximum absolute atomic E-state index is 13.0. The van der Waals surface area contributed by atoms with Crippen LogP contribution in [0.5, 0.6) is 0 Å². The van der Waals surface area contributed by atoms with E-state index in [4.69, 9.17) is 0 Å². The molecule has 0 saturated heterocycles. The fourth-order valence-corrected chi connectivity index (χ4v) is 2.69. The molecule has 3 rings (SSSR count). The maximum atomic E-state index is 13.0. The zero-order valence-electron chi connectivity index (χ0n) is 11.9. The van der Waals surface area contributed by atoms with Gasteiger partial charge in [-0.15, -0.1) is 0 Å². The van der Waals surface area contributed by atoms with Crippen LogP contribution in [-0.2, 0) is 19.0 Å². The summed E-state index contributed by atoms with van der Waals surface area (Å²) in [6.07, 6.45) is -3.31. The molecule has 0 aromatic heterocycles. The van der Waals surface area contributed by atoms with Crippen molar-refractivity contribution in [2.45, 2.75) is 19.0 Å². The molecule has 0 saturated carbocycles. The van der Waals surface area contributed by atoms with Gasteiger partial charge < -0.3 is 0 Å². The van der Waals surface area contributed by atoms with Crippen LogP contribution in [0.2, 0.25) is 0 Å². The predicted octanol–water partition coefficient (Wildman–Crippen LogP) is 5.64. The van der Waals surface area contributed by atoms with E-state index in [1.54, 1.807) is 12.1 Å². The molecular formula is C19H15F3. The largest absolute Gasteiger partial charge is 0.416 e. The summed E-state index contributed by atoms with van der Waals surface area (Å²) >= 11 is 0. The number of hydrogen-bond acceptors (Lipinski definition) is 0. The fraction of sp³-hybridized carbons (Fsp3) is 0.158. The van der Waals surface area contributed by atoms with Crippen molar-refractivity contribution in [3.05, 3.63) is 83.4 Å². The number of aryl methyl sites for hydroxylation is 2. The first kappa shape index (κ1) is 14.6. The van der Waals surface area contributed by atoms with Gasteiger partial charge in [0.15, 0.2) is 0 Å². The van der Waals surface area contributed by atoms with Crippen molar-refractivity contribution in [2.24, 2.45) is 0 Å². The van der Waals surface area contributed by atoms with Gasteiger partial charge in [-0.05, 0) is 40.8 Å². The van der Waals surface area contributed by atoms with Crippen LogP contribution in [0.1, 0.15) is 16.7 Å².